The number of methoxy groups -OCH3 is 1. The molecule has 1 fully saturated rings. The van der Waals surface area contributed by atoms with Crippen molar-refractivity contribution in [2.45, 2.75) is 13.8 Å². The van der Waals surface area contributed by atoms with Gasteiger partial charge in [0.15, 0.2) is 15.8 Å². The highest BCUT2D eigenvalue weighted by Gasteiger charge is 2.33. The lowest BCUT2D eigenvalue weighted by Crippen LogP contribution is -2.27. The lowest BCUT2D eigenvalue weighted by molar-refractivity contribution is -0.113. The summed E-state index contributed by atoms with van der Waals surface area (Å²) in [5.41, 5.74) is 2.49. The number of carbonyl (C=O) groups is 1. The van der Waals surface area contributed by atoms with Gasteiger partial charge in [-0.3, -0.25) is 9.69 Å². The number of rotatable bonds is 5. The van der Waals surface area contributed by atoms with E-state index in [1.165, 1.54) is 11.8 Å². The van der Waals surface area contributed by atoms with Crippen molar-refractivity contribution in [3.8, 4) is 11.5 Å². The minimum Gasteiger partial charge on any atom is -0.493 e. The van der Waals surface area contributed by atoms with Crippen LogP contribution in [0.5, 0.6) is 11.5 Å². The van der Waals surface area contributed by atoms with Gasteiger partial charge >= 0.3 is 0 Å². The van der Waals surface area contributed by atoms with E-state index in [0.29, 0.717) is 37.9 Å². The Labute approximate surface area is 173 Å². The summed E-state index contributed by atoms with van der Waals surface area (Å²) in [5, 5.41) is 0.472. The molecule has 2 aromatic rings. The molecule has 27 heavy (non-hydrogen) atoms. The number of benzene rings is 2. The molecule has 0 atom stereocenters. The molecule has 0 N–H and O–H groups in total. The van der Waals surface area contributed by atoms with Gasteiger partial charge in [0.1, 0.15) is 0 Å². The second-order valence-electron chi connectivity index (χ2n) is 5.81. The Morgan fingerprint density at radius 1 is 1.26 bits per heavy atom. The number of amides is 1. The lowest BCUT2D eigenvalue weighted by Gasteiger charge is -2.15. The van der Waals surface area contributed by atoms with Crippen molar-refractivity contribution < 1.29 is 14.3 Å². The van der Waals surface area contributed by atoms with Crippen LogP contribution < -0.4 is 14.4 Å². The maximum atomic E-state index is 12.9. The first-order chi connectivity index (χ1) is 12.9. The van der Waals surface area contributed by atoms with Crippen molar-refractivity contribution in [1.82, 2.24) is 0 Å². The number of aryl methyl sites for hydroxylation is 1. The molecule has 0 aromatic heterocycles. The molecule has 1 saturated heterocycles. The summed E-state index contributed by atoms with van der Waals surface area (Å²) in [6.07, 6.45) is 1.73. The molecule has 3 rings (SSSR count). The zero-order valence-electron chi connectivity index (χ0n) is 15.1. The lowest BCUT2D eigenvalue weighted by atomic mass is 10.1. The maximum absolute atomic E-state index is 12.9. The Morgan fingerprint density at radius 2 is 2.04 bits per heavy atom. The van der Waals surface area contributed by atoms with Crippen molar-refractivity contribution >= 4 is 57.6 Å². The number of carbonyl (C=O) groups excluding carboxylic acids is 1. The number of nitrogens with zero attached hydrogens (tertiary/aromatic N) is 1. The first kappa shape index (κ1) is 19.7. The summed E-state index contributed by atoms with van der Waals surface area (Å²) < 4.78 is 11.4. The van der Waals surface area contributed by atoms with Crippen LogP contribution in [0.1, 0.15) is 18.1 Å². The molecule has 0 spiro atoms. The Kier molecular flexibility index (Phi) is 6.09. The zero-order valence-corrected chi connectivity index (χ0v) is 17.5. The van der Waals surface area contributed by atoms with Crippen LogP contribution in [0.25, 0.3) is 6.08 Å². The van der Waals surface area contributed by atoms with Crippen molar-refractivity contribution in [2.24, 2.45) is 0 Å². The highest BCUT2D eigenvalue weighted by molar-refractivity contribution is 8.27. The van der Waals surface area contributed by atoms with Gasteiger partial charge in [-0.2, -0.15) is 0 Å². The number of hydrogen-bond donors (Lipinski definition) is 0. The molecule has 7 heteroatoms. The smallest absolute Gasteiger partial charge is 0.270 e. The molecular formula is C20H18ClNO3S2. The van der Waals surface area contributed by atoms with Crippen molar-refractivity contribution in [3.05, 3.63) is 57.5 Å². The quantitative estimate of drug-likeness (QED) is 0.475. The summed E-state index contributed by atoms with van der Waals surface area (Å²) in [6.45, 7) is 4.36. The molecule has 4 nitrogen and oxygen atoms in total. The average Bonchev–Trinajstić information content (AvgIpc) is 2.91. The van der Waals surface area contributed by atoms with E-state index < -0.39 is 0 Å². The molecule has 0 radical (unpaired) electrons. The van der Waals surface area contributed by atoms with Crippen LogP contribution in [0.2, 0.25) is 5.02 Å². The Balaban J connectivity index is 1.96. The normalized spacial score (nSPS) is 15.6. The highest BCUT2D eigenvalue weighted by Crippen LogP contribution is 2.39. The van der Waals surface area contributed by atoms with Crippen LogP contribution in [-0.2, 0) is 4.79 Å². The van der Waals surface area contributed by atoms with Crippen molar-refractivity contribution in [1.29, 1.82) is 0 Å². The fourth-order valence-electron chi connectivity index (χ4n) is 2.69. The first-order valence-electron chi connectivity index (χ1n) is 8.29. The summed E-state index contributed by atoms with van der Waals surface area (Å²) >= 11 is 13.1. The van der Waals surface area contributed by atoms with Crippen molar-refractivity contribution in [3.63, 3.8) is 0 Å². The zero-order chi connectivity index (χ0) is 19.6. The van der Waals surface area contributed by atoms with E-state index in [4.69, 9.17) is 33.3 Å². The van der Waals surface area contributed by atoms with Gasteiger partial charge in [0.05, 0.1) is 29.3 Å². The van der Waals surface area contributed by atoms with Crippen LogP contribution in [-0.4, -0.2) is 23.9 Å². The molecule has 1 heterocycles. The summed E-state index contributed by atoms with van der Waals surface area (Å²) in [5.74, 6) is 0.954. The van der Waals surface area contributed by atoms with Crippen LogP contribution in [0.15, 0.2) is 41.3 Å². The number of ether oxygens (including phenoxy) is 2. The van der Waals surface area contributed by atoms with Gasteiger partial charge < -0.3 is 9.47 Å². The summed E-state index contributed by atoms with van der Waals surface area (Å²) in [4.78, 5) is 15.0. The summed E-state index contributed by atoms with van der Waals surface area (Å²) in [7, 11) is 1.56. The third-order valence-corrected chi connectivity index (χ3v) is 5.55. The summed E-state index contributed by atoms with van der Waals surface area (Å²) in [6, 6.07) is 11.1. The standard InChI is InChI=1S/C20H18ClNO3S2/c1-4-25-17-11-15(21)13(9-16(17)24-3)10-18-19(23)22(20(26)27-18)14-7-5-6-12(2)8-14/h5-11H,4H2,1-3H3/b18-10+. The average molecular weight is 420 g/mol. The van der Waals surface area contributed by atoms with E-state index in [1.54, 1.807) is 30.2 Å². The van der Waals surface area contributed by atoms with E-state index >= 15 is 0 Å². The number of halogens is 1. The number of anilines is 1. The van der Waals surface area contributed by atoms with E-state index in [0.717, 1.165) is 11.3 Å². The van der Waals surface area contributed by atoms with Crippen LogP contribution in [0.4, 0.5) is 5.69 Å². The van der Waals surface area contributed by atoms with Gasteiger partial charge in [-0.05, 0) is 49.2 Å². The van der Waals surface area contributed by atoms with Gasteiger partial charge in [0.25, 0.3) is 5.91 Å². The fourth-order valence-corrected chi connectivity index (χ4v) is 4.19. The monoisotopic (exact) mass is 419 g/mol. The minimum atomic E-state index is -0.167. The highest BCUT2D eigenvalue weighted by atomic mass is 35.5. The molecule has 0 unspecified atom stereocenters. The van der Waals surface area contributed by atoms with E-state index in [-0.39, 0.29) is 5.91 Å². The van der Waals surface area contributed by atoms with Gasteiger partial charge in [0.2, 0.25) is 0 Å². The molecule has 1 amide bonds. The second-order valence-corrected chi connectivity index (χ2v) is 7.90. The van der Waals surface area contributed by atoms with Crippen LogP contribution in [0, 0.1) is 6.92 Å². The van der Waals surface area contributed by atoms with E-state index in [2.05, 4.69) is 0 Å². The van der Waals surface area contributed by atoms with Gasteiger partial charge in [-0.15, -0.1) is 0 Å². The second kappa shape index (κ2) is 8.33. The van der Waals surface area contributed by atoms with Gasteiger partial charge in [-0.1, -0.05) is 47.7 Å². The number of hydrogen-bond acceptors (Lipinski definition) is 5. The molecule has 2 aromatic carbocycles. The molecule has 0 saturated carbocycles. The number of thiocarbonyl (C=S) groups is 1. The minimum absolute atomic E-state index is 0.167. The fraction of sp³-hybridized carbons (Fsp3) is 0.200. The third-order valence-electron chi connectivity index (χ3n) is 3.92. The van der Waals surface area contributed by atoms with E-state index in [1.807, 2.05) is 38.1 Å². The largest absolute Gasteiger partial charge is 0.493 e. The molecule has 1 aliphatic heterocycles. The van der Waals surface area contributed by atoms with Crippen molar-refractivity contribution in [2.75, 3.05) is 18.6 Å². The van der Waals surface area contributed by atoms with Gasteiger partial charge in [0, 0.05) is 6.07 Å². The third kappa shape index (κ3) is 4.13. The topological polar surface area (TPSA) is 38.8 Å². The Bertz CT molecular complexity index is 943. The Morgan fingerprint density at radius 3 is 2.70 bits per heavy atom. The van der Waals surface area contributed by atoms with Gasteiger partial charge in [-0.25, -0.2) is 0 Å². The maximum Gasteiger partial charge on any atom is 0.270 e. The SMILES string of the molecule is CCOc1cc(Cl)c(/C=C2/SC(=S)N(c3cccc(C)c3)C2=O)cc1OC. The molecule has 140 valence electrons. The number of thioether (sulfide) groups is 1. The first-order valence-corrected chi connectivity index (χ1v) is 9.89. The predicted octanol–water partition coefficient (Wildman–Crippen LogP) is 5.46. The van der Waals surface area contributed by atoms with E-state index in [9.17, 15) is 4.79 Å². The molecule has 1 aliphatic rings. The predicted molar refractivity (Wildman–Crippen MR) is 116 cm³/mol. The Hall–Kier alpha value is -2.02. The van der Waals surface area contributed by atoms with Crippen LogP contribution >= 0.6 is 35.6 Å². The molecular weight excluding hydrogens is 402 g/mol. The molecule has 0 aliphatic carbocycles. The molecule has 0 bridgehead atoms. The van der Waals surface area contributed by atoms with Crippen LogP contribution in [0.3, 0.4) is 0 Å².